The Balaban J connectivity index is 1.16. The number of nitriles is 2. The molecule has 2 atom stereocenters. The Morgan fingerprint density at radius 3 is 2.54 bits per heavy atom. The van der Waals surface area contributed by atoms with Gasteiger partial charge in [-0.15, -0.1) is 0 Å². The highest BCUT2D eigenvalue weighted by molar-refractivity contribution is 5.85. The van der Waals surface area contributed by atoms with Crippen molar-refractivity contribution in [2.75, 3.05) is 44.9 Å². The molecule has 3 aromatic heterocycles. The van der Waals surface area contributed by atoms with Gasteiger partial charge in [0.05, 0.1) is 43.9 Å². The topological polar surface area (TPSA) is 146 Å². The number of piperidine rings is 1. The minimum atomic E-state index is -0.646. The molecule has 0 amide bonds. The van der Waals surface area contributed by atoms with E-state index in [1.807, 2.05) is 30.5 Å². The number of allylic oxidation sites excluding steroid dienone is 1. The summed E-state index contributed by atoms with van der Waals surface area (Å²) in [7, 11) is 1.62. The molecule has 3 aromatic rings. The van der Waals surface area contributed by atoms with Gasteiger partial charge in [0.15, 0.2) is 0 Å². The highest BCUT2D eigenvalue weighted by atomic mass is 16.5. The third kappa shape index (κ3) is 5.13. The van der Waals surface area contributed by atoms with E-state index in [1.165, 1.54) is 18.2 Å². The van der Waals surface area contributed by atoms with Gasteiger partial charge in [0.1, 0.15) is 29.7 Å². The van der Waals surface area contributed by atoms with E-state index in [0.29, 0.717) is 48.2 Å². The maximum atomic E-state index is 9.63. The van der Waals surface area contributed by atoms with Crippen LogP contribution in [0, 0.1) is 28.1 Å². The van der Waals surface area contributed by atoms with Crippen molar-refractivity contribution in [2.24, 2.45) is 11.1 Å². The van der Waals surface area contributed by atoms with E-state index >= 15 is 0 Å². The summed E-state index contributed by atoms with van der Waals surface area (Å²) < 4.78 is 16.3. The van der Waals surface area contributed by atoms with Gasteiger partial charge < -0.3 is 24.8 Å². The average molecular weight is 551 g/mol. The molecule has 41 heavy (non-hydrogen) atoms. The van der Waals surface area contributed by atoms with Gasteiger partial charge in [0.25, 0.3) is 0 Å². The van der Waals surface area contributed by atoms with Gasteiger partial charge in [-0.3, -0.25) is 9.88 Å². The Bertz CT molecular complexity index is 1510. The highest BCUT2D eigenvalue weighted by Gasteiger charge is 2.44. The van der Waals surface area contributed by atoms with Gasteiger partial charge in [0.2, 0.25) is 5.88 Å². The molecule has 7 heterocycles. The van der Waals surface area contributed by atoms with Gasteiger partial charge in [0, 0.05) is 67.5 Å². The number of ether oxygens (including phenoxy) is 3. The maximum Gasteiger partial charge on any atom is 0.212 e. The number of rotatable bonds is 9. The van der Waals surface area contributed by atoms with Crippen LogP contribution in [0.25, 0.3) is 16.7 Å². The summed E-state index contributed by atoms with van der Waals surface area (Å²) in [6.07, 6.45) is 7.65. The molecule has 2 N–H and O–H groups in total. The van der Waals surface area contributed by atoms with Crippen LogP contribution in [0.5, 0.6) is 11.6 Å². The summed E-state index contributed by atoms with van der Waals surface area (Å²) in [5.41, 5.74) is 8.42. The number of pyridine rings is 3. The molecule has 0 aliphatic carbocycles. The van der Waals surface area contributed by atoms with E-state index in [-0.39, 0.29) is 12.2 Å². The summed E-state index contributed by atoms with van der Waals surface area (Å²) in [6, 6.07) is 15.1. The average Bonchev–Trinajstić information content (AvgIpc) is 3.01. The molecule has 0 spiro atoms. The van der Waals surface area contributed by atoms with E-state index in [1.54, 1.807) is 19.5 Å². The predicted octanol–water partition coefficient (Wildman–Crippen LogP) is 2.75. The number of nitrogens with two attached hydrogens (primary N) is 1. The Hall–Kier alpha value is -4.71. The fourth-order valence-corrected chi connectivity index (χ4v) is 5.58. The van der Waals surface area contributed by atoms with Crippen molar-refractivity contribution in [3.05, 3.63) is 66.4 Å². The largest absolute Gasteiger partial charge is 0.490 e. The summed E-state index contributed by atoms with van der Waals surface area (Å²) in [5.74, 6) is 2.03. The van der Waals surface area contributed by atoms with Crippen molar-refractivity contribution in [3.63, 3.8) is 0 Å². The van der Waals surface area contributed by atoms with Crippen LogP contribution < -0.4 is 20.1 Å². The first-order valence-electron chi connectivity index (χ1n) is 13.4. The van der Waals surface area contributed by atoms with Crippen molar-refractivity contribution in [1.82, 2.24) is 19.9 Å². The van der Waals surface area contributed by atoms with Crippen molar-refractivity contribution < 1.29 is 14.2 Å². The number of piperazine rings is 1. The van der Waals surface area contributed by atoms with Gasteiger partial charge in [-0.05, 0) is 30.2 Å². The molecule has 0 radical (unpaired) electrons. The Morgan fingerprint density at radius 2 is 1.95 bits per heavy atom. The molecule has 11 nitrogen and oxygen atoms in total. The van der Waals surface area contributed by atoms with Crippen molar-refractivity contribution >= 4 is 11.4 Å². The number of nitrogens with zero attached hydrogens (tertiary/aromatic N) is 7. The highest BCUT2D eigenvalue weighted by Crippen LogP contribution is 2.37. The van der Waals surface area contributed by atoms with Crippen molar-refractivity contribution in [3.8, 4) is 34.9 Å². The van der Waals surface area contributed by atoms with Crippen LogP contribution in [-0.4, -0.2) is 72.0 Å². The van der Waals surface area contributed by atoms with Crippen LogP contribution in [-0.2, 0) is 11.3 Å². The van der Waals surface area contributed by atoms with E-state index in [4.69, 9.17) is 24.9 Å². The minimum Gasteiger partial charge on any atom is -0.490 e. The Kier molecular flexibility index (Phi) is 7.14. The van der Waals surface area contributed by atoms with Crippen molar-refractivity contribution in [2.45, 2.75) is 25.0 Å². The molecule has 0 aromatic carbocycles. The molecule has 4 aliphatic heterocycles. The molecule has 2 bridgehead atoms. The van der Waals surface area contributed by atoms with E-state index in [0.717, 1.165) is 31.0 Å². The number of methoxy groups -OCH3 is 1. The maximum absolute atomic E-state index is 9.63. The smallest absolute Gasteiger partial charge is 0.212 e. The van der Waals surface area contributed by atoms with Gasteiger partial charge in [-0.2, -0.15) is 10.5 Å². The van der Waals surface area contributed by atoms with Crippen molar-refractivity contribution in [1.29, 1.82) is 10.5 Å². The molecule has 208 valence electrons. The molecule has 7 rings (SSSR count). The molecule has 11 heteroatoms. The Morgan fingerprint density at radius 1 is 1.12 bits per heavy atom. The third-order valence-corrected chi connectivity index (χ3v) is 8.01. The first-order valence-corrected chi connectivity index (χ1v) is 13.4. The van der Waals surface area contributed by atoms with Crippen LogP contribution in [0.1, 0.15) is 17.7 Å². The zero-order chi connectivity index (χ0) is 28.4. The van der Waals surface area contributed by atoms with Crippen LogP contribution >= 0.6 is 0 Å². The zero-order valence-electron chi connectivity index (χ0n) is 22.7. The standard InChI is InChI=1S/C30H30N8O3/c1-39-28-5-2-20(10-35-28)13-38-23-6-24(38)15-37(14-23)27-4-3-21(11-34-27)26-7-25(12-36-29(26)22(8-31)9-32)41-19-30(16-33)17-40-18-30/h2-5,7-8,10-12,23-24H,6,13-15,17-19,31H2,1H3/b22-8-. The second-order valence-corrected chi connectivity index (χ2v) is 10.7. The van der Waals surface area contributed by atoms with Crippen LogP contribution in [0.2, 0.25) is 0 Å². The lowest BCUT2D eigenvalue weighted by Crippen LogP contribution is -2.68. The molecular formula is C30H30N8O3. The van der Waals surface area contributed by atoms with Crippen LogP contribution in [0.4, 0.5) is 5.82 Å². The molecule has 0 saturated carbocycles. The molecule has 4 saturated heterocycles. The quantitative estimate of drug-likeness (QED) is 0.392. The number of hydrogen-bond acceptors (Lipinski definition) is 11. The second kappa shape index (κ2) is 11.0. The van der Waals surface area contributed by atoms with Gasteiger partial charge in [-0.1, -0.05) is 6.07 Å². The molecule has 2 unspecified atom stereocenters. The lowest BCUT2D eigenvalue weighted by molar-refractivity contribution is -0.0963. The number of aromatic nitrogens is 3. The minimum absolute atomic E-state index is 0.197. The van der Waals surface area contributed by atoms with E-state index < -0.39 is 5.41 Å². The predicted molar refractivity (Wildman–Crippen MR) is 150 cm³/mol. The number of anilines is 1. The lowest BCUT2D eigenvalue weighted by Gasteiger charge is -2.56. The van der Waals surface area contributed by atoms with Crippen LogP contribution in [0.3, 0.4) is 0 Å². The van der Waals surface area contributed by atoms with E-state index in [9.17, 15) is 10.5 Å². The van der Waals surface area contributed by atoms with Crippen LogP contribution in [0.15, 0.2) is 55.1 Å². The summed E-state index contributed by atoms with van der Waals surface area (Å²) >= 11 is 0. The summed E-state index contributed by atoms with van der Waals surface area (Å²) in [4.78, 5) is 18.5. The third-order valence-electron chi connectivity index (χ3n) is 8.01. The zero-order valence-corrected chi connectivity index (χ0v) is 22.7. The monoisotopic (exact) mass is 550 g/mol. The normalized spacial score (nSPS) is 21.1. The number of hydrogen-bond donors (Lipinski definition) is 1. The second-order valence-electron chi connectivity index (χ2n) is 10.7. The molecule has 4 aliphatic rings. The first kappa shape index (κ1) is 26.5. The fourth-order valence-electron chi connectivity index (χ4n) is 5.58. The SMILES string of the molecule is COc1ccc(CN2C3CC2CN(c2ccc(-c4cc(OCC5(C#N)COC5)cnc4/C(C#N)=C\N)cn2)C3)cn1. The van der Waals surface area contributed by atoms with E-state index in [2.05, 4.69) is 38.0 Å². The molecule has 4 fully saturated rings. The molecular weight excluding hydrogens is 520 g/mol. The Labute approximate surface area is 238 Å². The fraction of sp³-hybridized carbons (Fsp3) is 0.367. The lowest BCUT2D eigenvalue weighted by atomic mass is 9.87. The van der Waals surface area contributed by atoms with Gasteiger partial charge in [-0.25, -0.2) is 9.97 Å². The first-order chi connectivity index (χ1) is 20.0. The summed E-state index contributed by atoms with van der Waals surface area (Å²) in [6.45, 7) is 3.57. The summed E-state index contributed by atoms with van der Waals surface area (Å²) in [5, 5.41) is 19.1. The number of fused-ring (bicyclic) bond motifs is 2. The van der Waals surface area contributed by atoms with Gasteiger partial charge >= 0.3 is 0 Å².